The van der Waals surface area contributed by atoms with E-state index in [1.807, 2.05) is 57.7 Å². The van der Waals surface area contributed by atoms with Crippen LogP contribution in [0.2, 0.25) is 0 Å². The number of hydrogen-bond donors (Lipinski definition) is 4. The molecule has 0 atom stereocenters. The molecule has 6 aromatic heterocycles. The maximum Gasteiger partial charge on any atom is 0.407 e. The van der Waals surface area contributed by atoms with Gasteiger partial charge in [-0.15, -0.1) is 0 Å². The van der Waals surface area contributed by atoms with Crippen LogP contribution in [0.3, 0.4) is 0 Å². The molecule has 127 heavy (non-hydrogen) atoms. The topological polar surface area (TPSA) is 333 Å². The third kappa shape index (κ3) is 25.2. The maximum atomic E-state index is 11.9. The van der Waals surface area contributed by atoms with Crippen molar-refractivity contribution >= 4 is 90.7 Å². The molecule has 10 aromatic rings. The molecule has 32 heteroatoms. The summed E-state index contributed by atoms with van der Waals surface area (Å²) in [7, 11) is 2.19. The molecule has 0 radical (unpaired) electrons. The highest BCUT2D eigenvalue weighted by atomic mass is 16.6. The fourth-order valence-electron chi connectivity index (χ4n) is 18.1. The lowest BCUT2D eigenvalue weighted by Gasteiger charge is -2.31. The second-order valence-electron chi connectivity index (χ2n) is 34.7. The lowest BCUT2D eigenvalue weighted by Crippen LogP contribution is -2.40. The van der Waals surface area contributed by atoms with Gasteiger partial charge in [-0.25, -0.2) is 39.5 Å². The Morgan fingerprint density at radius 3 is 1.02 bits per heavy atom. The van der Waals surface area contributed by atoms with Gasteiger partial charge in [0.2, 0.25) is 5.95 Å². The third-order valence-electron chi connectivity index (χ3n) is 25.2. The normalized spacial score (nSPS) is 22.6. The van der Waals surface area contributed by atoms with Crippen molar-refractivity contribution in [2.45, 2.75) is 191 Å². The Balaban J connectivity index is 0.000000125. The van der Waals surface area contributed by atoms with Crippen LogP contribution in [0.4, 0.5) is 44.0 Å². The molecule has 5 aliphatic heterocycles. The Morgan fingerprint density at radius 1 is 0.378 bits per heavy atom. The van der Waals surface area contributed by atoms with Crippen LogP contribution in [0, 0.1) is 5.92 Å². The number of carbonyl (C=O) groups excluding carboxylic acids is 2. The molecule has 11 heterocycles. The molecule has 0 unspecified atom stereocenters. The SMILES string of the molecule is CC(C)COC(=O)NC1CCC(Oc2cc(N3CCOCC3)cc3nccnc23)CC1.CCOC(=O)NC1CCC(Oc2cc(N3CCOCC3)cc3nccnc23)CC1.CN1CCC(c2cnc(NC3CCC(Oc4cc(N5CCOCC5)cc5nccnc45)CC3)nc2)CC1.c1cc(NC2CCC(Oc3cc(N4CCOCC4)cc4nccnc34)CC2)ccn1. The van der Waals surface area contributed by atoms with E-state index in [0.717, 1.165) is 323 Å². The standard InChI is InChI=1S/C28H37N7O2.C23H27N5O2.C23H32N4O4.C21H28N4O4/c1-34-10-6-20(7-11-34)21-18-31-28(32-19-21)33-22-2-4-24(5-3-22)37-26-17-23(35-12-14-36-15-13-35)16-25-27(26)30-9-8-29-25;1-3-20(4-2-17(1)27-18-5-7-24-8-6-18)30-22-16-19(28-11-13-29-14-12-28)15-21-23(22)26-10-9-25-21;1-16(2)15-30-23(28)26-17-3-5-19(6-4-17)31-21-14-18(27-9-11-29-12-10-27)13-20-22(21)25-8-7-24-20;1-2-28-21(26)24-15-3-5-17(6-4-15)29-19-14-16(25-9-11-27-12-10-25)13-18-20(19)23-8-7-22-18/h8-9,16-20,22,24H,2-7,10-15H2,1H3,(H,31,32,33);5-10,15-17,20H,1-4,11-14H2,(H,24,27);7-8,13-14,16-17,19H,3-6,9-12,15H2,1-2H3,(H,26,28);7-8,13-15,17H,2-6,9-12H2,1H3,(H,24,26). The third-order valence-corrected chi connectivity index (χ3v) is 25.2. The lowest BCUT2D eigenvalue weighted by atomic mass is 9.91. The van der Waals surface area contributed by atoms with E-state index in [4.69, 9.17) is 47.4 Å². The summed E-state index contributed by atoms with van der Waals surface area (Å²) >= 11 is 0. The first-order valence-corrected chi connectivity index (χ1v) is 46.1. The number of morpholine rings is 4. The number of fused-ring (bicyclic) bond motifs is 4. The van der Waals surface area contributed by atoms with Crippen molar-refractivity contribution in [3.63, 3.8) is 0 Å². The number of piperidine rings is 1. The van der Waals surface area contributed by atoms with Crippen molar-refractivity contribution in [2.75, 3.05) is 169 Å². The number of likely N-dealkylation sites (tertiary alicyclic amines) is 1. The van der Waals surface area contributed by atoms with Crippen molar-refractivity contribution in [1.82, 2.24) is 70.4 Å². The van der Waals surface area contributed by atoms with Gasteiger partial charge in [-0.1, -0.05) is 13.8 Å². The number of benzene rings is 4. The molecule has 32 nitrogen and oxygen atoms in total. The van der Waals surface area contributed by atoms with Gasteiger partial charge < -0.3 is 93.1 Å². The Hall–Kier alpha value is -11.2. The molecule has 4 saturated carbocycles. The quantitative estimate of drug-likeness (QED) is 0.0490. The fraction of sp³-hybridized carbons (Fsp3) is 0.547. The number of ether oxygens (including phenoxy) is 10. The summed E-state index contributed by atoms with van der Waals surface area (Å²) in [5.41, 5.74) is 13.5. The van der Waals surface area contributed by atoms with Gasteiger partial charge in [0.1, 0.15) is 45.1 Å². The molecule has 4 N–H and O–H groups in total. The zero-order valence-corrected chi connectivity index (χ0v) is 73.9. The van der Waals surface area contributed by atoms with E-state index >= 15 is 0 Å². The highest BCUT2D eigenvalue weighted by Gasteiger charge is 2.32. The van der Waals surface area contributed by atoms with E-state index in [-0.39, 0.29) is 48.7 Å². The number of nitrogens with one attached hydrogen (secondary N) is 4. The van der Waals surface area contributed by atoms with E-state index in [1.165, 1.54) is 18.4 Å². The number of amides is 2. The van der Waals surface area contributed by atoms with Crippen LogP contribution in [0.15, 0.2) is 135 Å². The number of alkyl carbamates (subject to hydrolysis) is 2. The number of hydrogen-bond acceptors (Lipinski definition) is 30. The predicted molar refractivity (Wildman–Crippen MR) is 489 cm³/mol. The number of carbonyl (C=O) groups is 2. The number of nitrogens with zero attached hydrogens (tertiary/aromatic N) is 16. The largest absolute Gasteiger partial charge is 0.488 e. The highest BCUT2D eigenvalue weighted by molar-refractivity contribution is 5.88. The number of anilines is 6. The molecular formula is C95H124N20O12. The van der Waals surface area contributed by atoms with Gasteiger partial charge >= 0.3 is 12.2 Å². The summed E-state index contributed by atoms with van der Waals surface area (Å²) < 4.78 is 58.1. The molecule has 9 fully saturated rings. The fourth-order valence-corrected chi connectivity index (χ4v) is 18.1. The second-order valence-corrected chi connectivity index (χ2v) is 34.7. The summed E-state index contributed by atoms with van der Waals surface area (Å²) in [6.45, 7) is 21.9. The van der Waals surface area contributed by atoms with Crippen molar-refractivity contribution in [1.29, 1.82) is 0 Å². The van der Waals surface area contributed by atoms with Crippen molar-refractivity contribution in [3.8, 4) is 23.0 Å². The van der Waals surface area contributed by atoms with Gasteiger partial charge in [-0.2, -0.15) is 0 Å². The van der Waals surface area contributed by atoms with Crippen LogP contribution >= 0.6 is 0 Å². The number of pyridine rings is 1. The van der Waals surface area contributed by atoms with Gasteiger partial charge in [0.05, 0.1) is 113 Å². The molecule has 19 rings (SSSR count). The maximum absolute atomic E-state index is 11.9. The molecule has 0 bridgehead atoms. The van der Waals surface area contributed by atoms with E-state index in [9.17, 15) is 9.59 Å². The van der Waals surface area contributed by atoms with Gasteiger partial charge in [0.15, 0.2) is 0 Å². The minimum atomic E-state index is -0.337. The van der Waals surface area contributed by atoms with Crippen LogP contribution in [0.1, 0.15) is 148 Å². The summed E-state index contributed by atoms with van der Waals surface area (Å²) in [6.07, 6.45) is 38.9. The van der Waals surface area contributed by atoms with Crippen LogP contribution in [0.25, 0.3) is 44.1 Å². The second kappa shape index (κ2) is 45.0. The zero-order chi connectivity index (χ0) is 86.9. The van der Waals surface area contributed by atoms with Crippen molar-refractivity contribution in [2.24, 2.45) is 5.92 Å². The molecule has 5 saturated heterocycles. The van der Waals surface area contributed by atoms with E-state index in [0.29, 0.717) is 37.1 Å². The Kier molecular flexibility index (Phi) is 31.6. The van der Waals surface area contributed by atoms with Crippen LogP contribution in [-0.4, -0.2) is 259 Å². The first-order valence-electron chi connectivity index (χ1n) is 46.1. The lowest BCUT2D eigenvalue weighted by molar-refractivity contribution is 0.113. The average molecular weight is 1740 g/mol. The van der Waals surface area contributed by atoms with Gasteiger partial charge in [0.25, 0.3) is 0 Å². The van der Waals surface area contributed by atoms with E-state index in [1.54, 1.807) is 49.6 Å². The molecule has 4 aromatic carbocycles. The van der Waals surface area contributed by atoms with Crippen LogP contribution < -0.4 is 59.8 Å². The Bertz CT molecular complexity index is 5110. The monoisotopic (exact) mass is 1740 g/mol. The summed E-state index contributed by atoms with van der Waals surface area (Å²) in [5.74, 6) is 4.88. The van der Waals surface area contributed by atoms with Gasteiger partial charge in [-0.3, -0.25) is 24.9 Å². The van der Waals surface area contributed by atoms with Crippen LogP contribution in [-0.2, 0) is 28.4 Å². The van der Waals surface area contributed by atoms with Crippen LogP contribution in [0.5, 0.6) is 23.0 Å². The average Bonchev–Trinajstić information content (AvgIpc) is 0.805. The van der Waals surface area contributed by atoms with Gasteiger partial charge in [0, 0.05) is 204 Å². The Morgan fingerprint density at radius 2 is 0.693 bits per heavy atom. The molecule has 676 valence electrons. The predicted octanol–water partition coefficient (Wildman–Crippen LogP) is 14.0. The first-order chi connectivity index (χ1) is 62.4. The van der Waals surface area contributed by atoms with E-state index < -0.39 is 0 Å². The molecular weight excluding hydrogens is 1610 g/mol. The molecule has 2 amide bonds. The summed E-state index contributed by atoms with van der Waals surface area (Å²) in [4.78, 5) is 84.8. The first kappa shape index (κ1) is 89.2. The van der Waals surface area contributed by atoms with E-state index in [2.05, 4.69) is 156 Å². The molecule has 9 aliphatic rings. The van der Waals surface area contributed by atoms with Crippen molar-refractivity contribution < 1.29 is 57.0 Å². The smallest absolute Gasteiger partial charge is 0.407 e. The minimum Gasteiger partial charge on any atom is -0.488 e. The highest BCUT2D eigenvalue weighted by Crippen LogP contribution is 2.40. The van der Waals surface area contributed by atoms with Crippen molar-refractivity contribution in [3.05, 3.63) is 141 Å². The molecule has 0 spiro atoms. The molecule has 4 aliphatic carbocycles. The summed E-state index contributed by atoms with van der Waals surface area (Å²) in [5, 5.41) is 13.1. The number of rotatable bonds is 22. The minimum absolute atomic E-state index is 0.0925. The zero-order valence-electron chi connectivity index (χ0n) is 73.9. The van der Waals surface area contributed by atoms with Gasteiger partial charge in [-0.05, 0) is 196 Å². The number of aromatic nitrogens is 11. The Labute approximate surface area is 743 Å². The summed E-state index contributed by atoms with van der Waals surface area (Å²) in [6, 6.07) is 21.9.